The van der Waals surface area contributed by atoms with Crippen molar-refractivity contribution >= 4 is 23.2 Å². The second kappa shape index (κ2) is 10.7. The lowest BCUT2D eigenvalue weighted by molar-refractivity contribution is 0.0725. The van der Waals surface area contributed by atoms with E-state index in [2.05, 4.69) is 10.3 Å². The number of thiazole rings is 1. The van der Waals surface area contributed by atoms with Crippen LogP contribution < -0.4 is 5.32 Å². The molecule has 33 heavy (non-hydrogen) atoms. The van der Waals surface area contributed by atoms with Gasteiger partial charge in [-0.3, -0.25) is 9.59 Å². The number of rotatable bonds is 8. The van der Waals surface area contributed by atoms with Crippen LogP contribution in [0.5, 0.6) is 0 Å². The van der Waals surface area contributed by atoms with Gasteiger partial charge in [0.1, 0.15) is 16.5 Å². The Morgan fingerprint density at radius 1 is 0.848 bits per heavy atom. The number of nitrogens with zero attached hydrogens (tertiary/aromatic N) is 2. The van der Waals surface area contributed by atoms with E-state index in [1.165, 1.54) is 28.4 Å². The highest BCUT2D eigenvalue weighted by atomic mass is 32.1. The van der Waals surface area contributed by atoms with Gasteiger partial charge in [-0.15, -0.1) is 11.3 Å². The Labute approximate surface area is 195 Å². The molecule has 0 unspecified atom stereocenters. The van der Waals surface area contributed by atoms with Crippen LogP contribution in [0.4, 0.5) is 4.39 Å². The first-order chi connectivity index (χ1) is 16.1. The maximum absolute atomic E-state index is 14.3. The first-order valence-corrected chi connectivity index (χ1v) is 11.3. The fraction of sp³-hybridized carbons (Fsp3) is 0.115. The summed E-state index contributed by atoms with van der Waals surface area (Å²) < 4.78 is 14.3. The maximum Gasteiger partial charge on any atom is 0.271 e. The zero-order valence-corrected chi connectivity index (χ0v) is 18.6. The van der Waals surface area contributed by atoms with E-state index in [1.807, 2.05) is 60.7 Å². The summed E-state index contributed by atoms with van der Waals surface area (Å²) in [5, 5.41) is 5.12. The van der Waals surface area contributed by atoms with Gasteiger partial charge < -0.3 is 10.2 Å². The smallest absolute Gasteiger partial charge is 0.271 e. The Balaban J connectivity index is 1.49. The average Bonchev–Trinajstić information content (AvgIpc) is 3.32. The molecule has 1 heterocycles. The minimum atomic E-state index is -0.569. The molecule has 0 spiro atoms. The quantitative estimate of drug-likeness (QED) is 0.401. The molecule has 0 atom stereocenters. The molecule has 0 aliphatic rings. The lowest BCUT2D eigenvalue weighted by atomic mass is 10.1. The van der Waals surface area contributed by atoms with E-state index in [9.17, 15) is 14.0 Å². The molecule has 0 fully saturated rings. The van der Waals surface area contributed by atoms with E-state index in [1.54, 1.807) is 17.5 Å². The lowest BCUT2D eigenvalue weighted by Crippen LogP contribution is -2.31. The predicted octanol–water partition coefficient (Wildman–Crippen LogP) is 5.05. The van der Waals surface area contributed by atoms with Gasteiger partial charge in [-0.25, -0.2) is 9.37 Å². The van der Waals surface area contributed by atoms with Crippen LogP contribution in [0.3, 0.4) is 0 Å². The van der Waals surface area contributed by atoms with Gasteiger partial charge in [0, 0.05) is 18.5 Å². The third kappa shape index (κ3) is 5.90. The number of carbonyl (C=O) groups is 2. The lowest BCUT2D eigenvalue weighted by Gasteiger charge is -2.22. The van der Waals surface area contributed by atoms with Crippen LogP contribution in [0, 0.1) is 5.82 Å². The first-order valence-electron chi connectivity index (χ1n) is 10.4. The number of halogens is 1. The van der Waals surface area contributed by atoms with Crippen molar-refractivity contribution in [3.05, 3.63) is 124 Å². The van der Waals surface area contributed by atoms with Crippen molar-refractivity contribution in [3.63, 3.8) is 0 Å². The van der Waals surface area contributed by atoms with E-state index in [0.717, 1.165) is 11.1 Å². The van der Waals surface area contributed by atoms with Gasteiger partial charge in [0.2, 0.25) is 0 Å². The number of nitrogens with one attached hydrogen (secondary N) is 1. The van der Waals surface area contributed by atoms with E-state index in [-0.39, 0.29) is 18.0 Å². The van der Waals surface area contributed by atoms with Crippen molar-refractivity contribution in [1.29, 1.82) is 0 Å². The van der Waals surface area contributed by atoms with Crippen molar-refractivity contribution < 1.29 is 14.0 Å². The summed E-state index contributed by atoms with van der Waals surface area (Å²) >= 11 is 1.30. The Bertz CT molecular complexity index is 1230. The predicted molar refractivity (Wildman–Crippen MR) is 126 cm³/mol. The molecule has 3 aromatic carbocycles. The van der Waals surface area contributed by atoms with E-state index < -0.39 is 11.7 Å². The maximum atomic E-state index is 14.3. The fourth-order valence-electron chi connectivity index (χ4n) is 3.33. The minimum absolute atomic E-state index is 0.00538. The molecule has 0 radical (unpaired) electrons. The molecule has 4 rings (SSSR count). The number of hydrogen-bond donors (Lipinski definition) is 1. The normalized spacial score (nSPS) is 10.6. The van der Waals surface area contributed by atoms with Crippen LogP contribution in [0.15, 0.2) is 90.3 Å². The number of amides is 2. The molecule has 0 saturated heterocycles. The van der Waals surface area contributed by atoms with Gasteiger partial charge in [-0.05, 0) is 23.3 Å². The Hall–Kier alpha value is -3.84. The second-order valence-electron chi connectivity index (χ2n) is 7.42. The summed E-state index contributed by atoms with van der Waals surface area (Å²) in [5.74, 6) is -1.28. The molecule has 4 aromatic rings. The topological polar surface area (TPSA) is 62.3 Å². The molecule has 0 bridgehead atoms. The van der Waals surface area contributed by atoms with Crippen LogP contribution in [0.1, 0.15) is 37.0 Å². The highest BCUT2D eigenvalue weighted by molar-refractivity contribution is 7.09. The SMILES string of the molecule is O=C(NCc1ccccc1)c1csc(CN(Cc2ccccc2)C(=O)c2ccccc2F)n1. The van der Waals surface area contributed by atoms with Gasteiger partial charge in [0.05, 0.1) is 12.1 Å². The highest BCUT2D eigenvalue weighted by Crippen LogP contribution is 2.19. The molecule has 7 heteroatoms. The van der Waals surface area contributed by atoms with Gasteiger partial charge in [-0.1, -0.05) is 72.8 Å². The van der Waals surface area contributed by atoms with Gasteiger partial charge in [0.15, 0.2) is 0 Å². The zero-order valence-electron chi connectivity index (χ0n) is 17.8. The van der Waals surface area contributed by atoms with Crippen LogP contribution in [0.2, 0.25) is 0 Å². The van der Waals surface area contributed by atoms with Crippen molar-refractivity contribution in [2.75, 3.05) is 0 Å². The zero-order chi connectivity index (χ0) is 23.0. The third-order valence-corrected chi connectivity index (χ3v) is 5.85. The van der Waals surface area contributed by atoms with Crippen molar-refractivity contribution in [2.24, 2.45) is 0 Å². The number of aromatic nitrogens is 1. The van der Waals surface area contributed by atoms with Crippen LogP contribution in [-0.2, 0) is 19.6 Å². The van der Waals surface area contributed by atoms with Crippen LogP contribution in [-0.4, -0.2) is 21.7 Å². The minimum Gasteiger partial charge on any atom is -0.347 e. The molecular weight excluding hydrogens is 437 g/mol. The van der Waals surface area contributed by atoms with Crippen molar-refractivity contribution in [1.82, 2.24) is 15.2 Å². The Morgan fingerprint density at radius 3 is 2.18 bits per heavy atom. The second-order valence-corrected chi connectivity index (χ2v) is 8.36. The number of carbonyl (C=O) groups excluding carboxylic acids is 2. The molecule has 0 aliphatic heterocycles. The van der Waals surface area contributed by atoms with E-state index in [0.29, 0.717) is 23.8 Å². The number of benzene rings is 3. The van der Waals surface area contributed by atoms with Crippen molar-refractivity contribution in [2.45, 2.75) is 19.6 Å². The monoisotopic (exact) mass is 459 g/mol. The molecule has 0 saturated carbocycles. The van der Waals surface area contributed by atoms with Crippen LogP contribution in [0.25, 0.3) is 0 Å². The summed E-state index contributed by atoms with van der Waals surface area (Å²) in [5.41, 5.74) is 2.21. The summed E-state index contributed by atoms with van der Waals surface area (Å²) in [7, 11) is 0. The van der Waals surface area contributed by atoms with Gasteiger partial charge in [-0.2, -0.15) is 0 Å². The summed E-state index contributed by atoms with van der Waals surface area (Å²) in [6, 6.07) is 25.0. The first kappa shape index (κ1) is 22.4. The van der Waals surface area contributed by atoms with Gasteiger partial charge >= 0.3 is 0 Å². The highest BCUT2D eigenvalue weighted by Gasteiger charge is 2.21. The van der Waals surface area contributed by atoms with E-state index in [4.69, 9.17) is 0 Å². The molecule has 0 aliphatic carbocycles. The van der Waals surface area contributed by atoms with Crippen molar-refractivity contribution in [3.8, 4) is 0 Å². The standard InChI is InChI=1S/C26H22FN3O2S/c27-22-14-8-7-13-21(22)26(32)30(16-20-11-5-2-6-12-20)17-24-29-23(18-33-24)25(31)28-15-19-9-3-1-4-10-19/h1-14,18H,15-17H2,(H,28,31). The summed E-state index contributed by atoms with van der Waals surface area (Å²) in [6.07, 6.45) is 0. The van der Waals surface area contributed by atoms with E-state index >= 15 is 0 Å². The summed E-state index contributed by atoms with van der Waals surface area (Å²) in [4.78, 5) is 31.6. The molecule has 5 nitrogen and oxygen atoms in total. The molecule has 1 N–H and O–H groups in total. The average molecular weight is 460 g/mol. The fourth-order valence-corrected chi connectivity index (χ4v) is 4.12. The van der Waals surface area contributed by atoms with Gasteiger partial charge in [0.25, 0.3) is 11.8 Å². The summed E-state index contributed by atoms with van der Waals surface area (Å²) in [6.45, 7) is 0.861. The van der Waals surface area contributed by atoms with Crippen LogP contribution >= 0.6 is 11.3 Å². The molecule has 1 aromatic heterocycles. The molecule has 166 valence electrons. The third-order valence-electron chi connectivity index (χ3n) is 5.01. The Morgan fingerprint density at radius 2 is 1.48 bits per heavy atom. The molecular formula is C26H22FN3O2S. The number of hydrogen-bond acceptors (Lipinski definition) is 4. The molecule has 2 amide bonds. The largest absolute Gasteiger partial charge is 0.347 e. The Kier molecular flexibility index (Phi) is 7.22.